The van der Waals surface area contributed by atoms with Crippen molar-refractivity contribution in [2.45, 2.75) is 26.3 Å². The molecule has 0 spiro atoms. The maximum absolute atomic E-state index is 5.82. The van der Waals surface area contributed by atoms with Crippen LogP contribution in [-0.4, -0.2) is 29.5 Å². The number of nitrogens with two attached hydrogens (primary N) is 1. The van der Waals surface area contributed by atoms with Crippen molar-refractivity contribution in [2.75, 3.05) is 19.6 Å². The highest BCUT2D eigenvalue weighted by Gasteiger charge is 2.42. The zero-order valence-electron chi connectivity index (χ0n) is 10.0. The molecule has 2 N–H and O–H groups in total. The summed E-state index contributed by atoms with van der Waals surface area (Å²) in [6.07, 6.45) is 4.45. The van der Waals surface area contributed by atoms with E-state index in [2.05, 4.69) is 22.9 Å². The molecule has 0 bridgehead atoms. The van der Waals surface area contributed by atoms with Crippen molar-refractivity contribution in [3.05, 3.63) is 30.1 Å². The largest absolute Gasteiger partial charge is 0.330 e. The maximum Gasteiger partial charge on any atom is 0.0543 e. The molecule has 3 nitrogen and oxygen atoms in total. The van der Waals surface area contributed by atoms with Gasteiger partial charge in [0.2, 0.25) is 0 Å². The van der Waals surface area contributed by atoms with Crippen LogP contribution in [0.25, 0.3) is 0 Å². The third-order valence-corrected chi connectivity index (χ3v) is 3.51. The lowest BCUT2D eigenvalue weighted by molar-refractivity contribution is 0.222. The average Bonchev–Trinajstić information content (AvgIpc) is 3.10. The minimum absolute atomic E-state index is 0.421. The summed E-state index contributed by atoms with van der Waals surface area (Å²) in [5.41, 5.74) is 7.39. The maximum atomic E-state index is 5.82. The number of hydrogen-bond donors (Lipinski definition) is 1. The fraction of sp³-hybridized carbons (Fsp3) is 0.615. The van der Waals surface area contributed by atoms with E-state index >= 15 is 0 Å². The van der Waals surface area contributed by atoms with Crippen LogP contribution in [0.3, 0.4) is 0 Å². The van der Waals surface area contributed by atoms with Gasteiger partial charge in [-0.3, -0.25) is 9.88 Å². The van der Waals surface area contributed by atoms with E-state index < -0.39 is 0 Å². The molecule has 1 fully saturated rings. The molecule has 0 amide bonds. The fourth-order valence-electron chi connectivity index (χ4n) is 2.08. The second-order valence-electron chi connectivity index (χ2n) is 4.83. The molecule has 1 aliphatic rings. The Labute approximate surface area is 97.7 Å². The molecule has 0 saturated heterocycles. The van der Waals surface area contributed by atoms with Crippen LogP contribution in [0.2, 0.25) is 0 Å². The quantitative estimate of drug-likeness (QED) is 0.791. The van der Waals surface area contributed by atoms with Crippen molar-refractivity contribution >= 4 is 0 Å². The molecule has 2 rings (SSSR count). The van der Waals surface area contributed by atoms with Crippen molar-refractivity contribution in [1.82, 2.24) is 9.88 Å². The summed E-state index contributed by atoms with van der Waals surface area (Å²) in [5, 5.41) is 0. The SMILES string of the molecule is CCN(Cc1ccccn1)CC1(CN)CC1. The molecule has 0 aliphatic heterocycles. The molecule has 0 radical (unpaired) electrons. The number of pyridine rings is 1. The molecule has 16 heavy (non-hydrogen) atoms. The molecule has 3 heteroatoms. The van der Waals surface area contributed by atoms with Gasteiger partial charge in [0.05, 0.1) is 5.69 Å². The van der Waals surface area contributed by atoms with E-state index in [1.54, 1.807) is 0 Å². The topological polar surface area (TPSA) is 42.2 Å². The second-order valence-corrected chi connectivity index (χ2v) is 4.83. The number of aromatic nitrogens is 1. The van der Waals surface area contributed by atoms with E-state index in [-0.39, 0.29) is 0 Å². The standard InChI is InChI=1S/C13H21N3/c1-2-16(11-13(10-14)6-7-13)9-12-5-3-4-8-15-12/h3-5,8H,2,6-7,9-11,14H2,1H3. The molecule has 1 saturated carbocycles. The van der Waals surface area contributed by atoms with Crippen LogP contribution in [0.1, 0.15) is 25.5 Å². The fourth-order valence-corrected chi connectivity index (χ4v) is 2.08. The third kappa shape index (κ3) is 2.80. The van der Waals surface area contributed by atoms with Crippen LogP contribution in [0, 0.1) is 5.41 Å². The van der Waals surface area contributed by atoms with Gasteiger partial charge in [-0.05, 0) is 43.5 Å². The first-order chi connectivity index (χ1) is 7.78. The van der Waals surface area contributed by atoms with E-state index in [1.807, 2.05) is 18.3 Å². The van der Waals surface area contributed by atoms with E-state index in [4.69, 9.17) is 5.73 Å². The molecular formula is C13H21N3. The summed E-state index contributed by atoms with van der Waals surface area (Å²) in [7, 11) is 0. The zero-order valence-corrected chi connectivity index (χ0v) is 10.0. The van der Waals surface area contributed by atoms with E-state index in [1.165, 1.54) is 12.8 Å². The van der Waals surface area contributed by atoms with Crippen molar-refractivity contribution in [3.63, 3.8) is 0 Å². The molecular weight excluding hydrogens is 198 g/mol. The number of nitrogens with zero attached hydrogens (tertiary/aromatic N) is 2. The Bertz CT molecular complexity index is 319. The molecule has 1 aromatic heterocycles. The monoisotopic (exact) mass is 219 g/mol. The Morgan fingerprint density at radius 3 is 2.75 bits per heavy atom. The normalized spacial score (nSPS) is 17.7. The van der Waals surface area contributed by atoms with Crippen molar-refractivity contribution in [1.29, 1.82) is 0 Å². The molecule has 88 valence electrons. The first-order valence-corrected chi connectivity index (χ1v) is 6.10. The van der Waals surface area contributed by atoms with Gasteiger partial charge in [-0.1, -0.05) is 13.0 Å². The molecule has 0 atom stereocenters. The third-order valence-electron chi connectivity index (χ3n) is 3.51. The van der Waals surface area contributed by atoms with E-state index in [9.17, 15) is 0 Å². The van der Waals surface area contributed by atoms with Gasteiger partial charge in [0.25, 0.3) is 0 Å². The van der Waals surface area contributed by atoms with E-state index in [0.717, 1.165) is 31.9 Å². The average molecular weight is 219 g/mol. The van der Waals surface area contributed by atoms with Gasteiger partial charge < -0.3 is 5.73 Å². The minimum atomic E-state index is 0.421. The van der Waals surface area contributed by atoms with Gasteiger partial charge in [-0.15, -0.1) is 0 Å². The lowest BCUT2D eigenvalue weighted by Crippen LogP contribution is -2.34. The Morgan fingerprint density at radius 2 is 2.25 bits per heavy atom. The Hall–Kier alpha value is -0.930. The van der Waals surface area contributed by atoms with Gasteiger partial charge in [0.1, 0.15) is 0 Å². The Kier molecular flexibility index (Phi) is 3.56. The van der Waals surface area contributed by atoms with Crippen LogP contribution in [0.4, 0.5) is 0 Å². The van der Waals surface area contributed by atoms with Crippen LogP contribution in [-0.2, 0) is 6.54 Å². The van der Waals surface area contributed by atoms with Gasteiger partial charge in [0, 0.05) is 19.3 Å². The van der Waals surface area contributed by atoms with Crippen molar-refractivity contribution < 1.29 is 0 Å². The molecule has 1 aliphatic carbocycles. The summed E-state index contributed by atoms with van der Waals surface area (Å²) >= 11 is 0. The number of rotatable bonds is 6. The van der Waals surface area contributed by atoms with Crippen LogP contribution < -0.4 is 5.73 Å². The lowest BCUT2D eigenvalue weighted by Gasteiger charge is -2.25. The van der Waals surface area contributed by atoms with Gasteiger partial charge in [0.15, 0.2) is 0 Å². The predicted molar refractivity (Wildman–Crippen MR) is 65.9 cm³/mol. The Balaban J connectivity index is 1.91. The summed E-state index contributed by atoms with van der Waals surface area (Å²) in [6, 6.07) is 6.10. The number of hydrogen-bond acceptors (Lipinski definition) is 3. The zero-order chi connectivity index (χ0) is 11.4. The van der Waals surface area contributed by atoms with E-state index in [0.29, 0.717) is 5.41 Å². The van der Waals surface area contributed by atoms with Crippen molar-refractivity contribution in [2.24, 2.45) is 11.1 Å². The predicted octanol–water partition coefficient (Wildman–Crippen LogP) is 1.64. The summed E-state index contributed by atoms with van der Waals surface area (Å²) in [5.74, 6) is 0. The van der Waals surface area contributed by atoms with Gasteiger partial charge in [-0.2, -0.15) is 0 Å². The summed E-state index contributed by atoms with van der Waals surface area (Å²) in [6.45, 7) is 6.16. The highest BCUT2D eigenvalue weighted by molar-refractivity contribution is 5.04. The van der Waals surface area contributed by atoms with Crippen LogP contribution in [0.5, 0.6) is 0 Å². The molecule has 0 aromatic carbocycles. The highest BCUT2D eigenvalue weighted by atomic mass is 15.1. The molecule has 0 unspecified atom stereocenters. The van der Waals surface area contributed by atoms with Gasteiger partial charge >= 0.3 is 0 Å². The molecule has 1 aromatic rings. The first kappa shape index (κ1) is 11.6. The highest BCUT2D eigenvalue weighted by Crippen LogP contribution is 2.45. The summed E-state index contributed by atoms with van der Waals surface area (Å²) < 4.78 is 0. The Morgan fingerprint density at radius 1 is 1.44 bits per heavy atom. The first-order valence-electron chi connectivity index (χ1n) is 6.10. The lowest BCUT2D eigenvalue weighted by atomic mass is 10.1. The smallest absolute Gasteiger partial charge is 0.0543 e. The second kappa shape index (κ2) is 4.93. The van der Waals surface area contributed by atoms with Gasteiger partial charge in [-0.25, -0.2) is 0 Å². The molecule has 1 heterocycles. The van der Waals surface area contributed by atoms with Crippen LogP contribution in [0.15, 0.2) is 24.4 Å². The summed E-state index contributed by atoms with van der Waals surface area (Å²) in [4.78, 5) is 6.82. The minimum Gasteiger partial charge on any atom is -0.330 e. The van der Waals surface area contributed by atoms with Crippen LogP contribution >= 0.6 is 0 Å². The van der Waals surface area contributed by atoms with Crippen molar-refractivity contribution in [3.8, 4) is 0 Å².